The number of anilines is 1. The number of carbonyl (C=O) groups excluding carboxylic acids is 1. The minimum absolute atomic E-state index is 0.0759. The van der Waals surface area contributed by atoms with Crippen molar-refractivity contribution in [3.8, 4) is 0 Å². The van der Waals surface area contributed by atoms with E-state index in [0.29, 0.717) is 0 Å². The van der Waals surface area contributed by atoms with Gasteiger partial charge >= 0.3 is 0 Å². The Kier molecular flexibility index (Phi) is 4.13. The lowest BCUT2D eigenvalue weighted by atomic mass is 9.89. The van der Waals surface area contributed by atoms with Gasteiger partial charge in [0.05, 0.1) is 0 Å². The van der Waals surface area contributed by atoms with Crippen LogP contribution in [0.5, 0.6) is 0 Å². The number of rotatable bonds is 3. The minimum atomic E-state index is -0.304. The van der Waals surface area contributed by atoms with Crippen LogP contribution in [0, 0.1) is 8.99 Å². The Morgan fingerprint density at radius 1 is 1.47 bits per heavy atom. The van der Waals surface area contributed by atoms with E-state index < -0.39 is 0 Å². The lowest BCUT2D eigenvalue weighted by molar-refractivity contribution is -0.124. The third-order valence-electron chi connectivity index (χ3n) is 2.58. The molecule has 1 N–H and O–H groups in total. The van der Waals surface area contributed by atoms with Crippen molar-refractivity contribution in [3.05, 3.63) is 27.8 Å². The van der Waals surface area contributed by atoms with Gasteiger partial charge in [0, 0.05) is 14.7 Å². The zero-order valence-electron chi connectivity index (χ0n) is 9.30. The maximum absolute atomic E-state index is 11.9. The first kappa shape index (κ1) is 12.5. The Balaban J connectivity index is 2.75. The van der Waals surface area contributed by atoms with Crippen LogP contribution in [-0.4, -0.2) is 5.91 Å². The largest absolute Gasteiger partial charge is 0.326 e. The van der Waals surface area contributed by atoms with Crippen LogP contribution in [0.1, 0.15) is 27.2 Å². The number of amides is 1. The van der Waals surface area contributed by atoms with Crippen LogP contribution < -0.4 is 5.32 Å². The summed E-state index contributed by atoms with van der Waals surface area (Å²) in [5.74, 6) is 0.0759. The van der Waals surface area contributed by atoms with Crippen molar-refractivity contribution in [2.75, 3.05) is 5.32 Å². The van der Waals surface area contributed by atoms with Crippen LogP contribution in [0.25, 0.3) is 0 Å². The molecule has 0 saturated heterocycles. The fourth-order valence-electron chi connectivity index (χ4n) is 1.03. The minimum Gasteiger partial charge on any atom is -0.326 e. The molecule has 3 heteroatoms. The summed E-state index contributed by atoms with van der Waals surface area (Å²) in [4.78, 5) is 11.9. The molecule has 0 aromatic heterocycles. The number of benzene rings is 1. The van der Waals surface area contributed by atoms with E-state index in [1.165, 1.54) is 0 Å². The number of nitrogens with one attached hydrogen (secondary N) is 1. The van der Waals surface area contributed by atoms with Crippen molar-refractivity contribution in [1.82, 2.24) is 0 Å². The number of hydrogen-bond donors (Lipinski definition) is 1. The van der Waals surface area contributed by atoms with Gasteiger partial charge in [-0.1, -0.05) is 26.8 Å². The van der Waals surface area contributed by atoms with Gasteiger partial charge in [0.15, 0.2) is 0 Å². The highest BCUT2D eigenvalue weighted by atomic mass is 127. The zero-order valence-corrected chi connectivity index (χ0v) is 11.5. The third kappa shape index (κ3) is 3.48. The van der Waals surface area contributed by atoms with Crippen LogP contribution in [0.15, 0.2) is 24.3 Å². The zero-order chi connectivity index (χ0) is 11.5. The number of hydrogen-bond acceptors (Lipinski definition) is 1. The first-order valence-corrected chi connectivity index (χ1v) is 6.10. The molecular formula is C12H16INO. The van der Waals surface area contributed by atoms with Gasteiger partial charge in [-0.2, -0.15) is 0 Å². The summed E-state index contributed by atoms with van der Waals surface area (Å²) in [6.07, 6.45) is 0.836. The standard InChI is InChI=1S/C12H16INO/c1-4-12(2,3)11(15)14-10-7-5-6-9(13)8-10/h5-8H,4H2,1-3H3,(H,14,15). The first-order chi connectivity index (χ1) is 6.95. The van der Waals surface area contributed by atoms with Crippen LogP contribution in [0.4, 0.5) is 5.69 Å². The lowest BCUT2D eigenvalue weighted by Crippen LogP contribution is -2.29. The molecule has 0 unspecified atom stereocenters. The summed E-state index contributed by atoms with van der Waals surface area (Å²) in [6, 6.07) is 7.81. The Morgan fingerprint density at radius 2 is 2.13 bits per heavy atom. The highest BCUT2D eigenvalue weighted by molar-refractivity contribution is 14.1. The van der Waals surface area contributed by atoms with E-state index in [4.69, 9.17) is 0 Å². The van der Waals surface area contributed by atoms with Crippen molar-refractivity contribution < 1.29 is 4.79 Å². The second-order valence-corrected chi connectivity index (χ2v) is 5.45. The molecule has 2 nitrogen and oxygen atoms in total. The molecule has 0 saturated carbocycles. The normalized spacial score (nSPS) is 11.2. The van der Waals surface area contributed by atoms with E-state index in [1.54, 1.807) is 0 Å². The summed E-state index contributed by atoms with van der Waals surface area (Å²) in [5, 5.41) is 2.93. The Morgan fingerprint density at radius 3 is 2.67 bits per heavy atom. The average molecular weight is 317 g/mol. The molecule has 1 rings (SSSR count). The van der Waals surface area contributed by atoms with E-state index in [1.807, 2.05) is 45.0 Å². The van der Waals surface area contributed by atoms with Crippen LogP contribution in [0.3, 0.4) is 0 Å². The van der Waals surface area contributed by atoms with Gasteiger partial charge in [-0.15, -0.1) is 0 Å². The summed E-state index contributed by atoms with van der Waals surface area (Å²) in [7, 11) is 0. The predicted molar refractivity (Wildman–Crippen MR) is 71.9 cm³/mol. The second-order valence-electron chi connectivity index (χ2n) is 4.20. The molecule has 0 fully saturated rings. The predicted octanol–water partition coefficient (Wildman–Crippen LogP) is 3.67. The van der Waals surface area contributed by atoms with Crippen LogP contribution in [-0.2, 0) is 4.79 Å². The van der Waals surface area contributed by atoms with Crippen LogP contribution >= 0.6 is 22.6 Å². The van der Waals surface area contributed by atoms with Gasteiger partial charge in [0.2, 0.25) is 5.91 Å². The van der Waals surface area contributed by atoms with E-state index >= 15 is 0 Å². The van der Waals surface area contributed by atoms with Crippen molar-refractivity contribution in [2.24, 2.45) is 5.41 Å². The van der Waals surface area contributed by atoms with Crippen molar-refractivity contribution in [2.45, 2.75) is 27.2 Å². The molecule has 0 aliphatic heterocycles. The van der Waals surface area contributed by atoms with Gasteiger partial charge in [0.1, 0.15) is 0 Å². The van der Waals surface area contributed by atoms with Gasteiger partial charge in [0.25, 0.3) is 0 Å². The average Bonchev–Trinajstić information content (AvgIpc) is 2.17. The monoisotopic (exact) mass is 317 g/mol. The van der Waals surface area contributed by atoms with E-state index in [9.17, 15) is 4.79 Å². The second kappa shape index (κ2) is 4.96. The molecule has 0 spiro atoms. The van der Waals surface area contributed by atoms with Gasteiger partial charge in [-0.3, -0.25) is 4.79 Å². The molecule has 82 valence electrons. The molecule has 1 aromatic carbocycles. The fourth-order valence-corrected chi connectivity index (χ4v) is 1.57. The fraction of sp³-hybridized carbons (Fsp3) is 0.417. The van der Waals surface area contributed by atoms with E-state index in [-0.39, 0.29) is 11.3 Å². The molecule has 0 radical (unpaired) electrons. The third-order valence-corrected chi connectivity index (χ3v) is 3.25. The Bertz CT molecular complexity index is 360. The van der Waals surface area contributed by atoms with E-state index in [2.05, 4.69) is 27.9 Å². The summed E-state index contributed by atoms with van der Waals surface area (Å²) < 4.78 is 1.12. The van der Waals surface area contributed by atoms with Gasteiger partial charge in [-0.25, -0.2) is 0 Å². The van der Waals surface area contributed by atoms with E-state index in [0.717, 1.165) is 15.7 Å². The number of halogens is 1. The smallest absolute Gasteiger partial charge is 0.230 e. The maximum Gasteiger partial charge on any atom is 0.230 e. The maximum atomic E-state index is 11.9. The first-order valence-electron chi connectivity index (χ1n) is 5.03. The summed E-state index contributed by atoms with van der Waals surface area (Å²) in [5.41, 5.74) is 0.565. The molecule has 1 amide bonds. The molecule has 0 aliphatic rings. The van der Waals surface area contributed by atoms with Gasteiger partial charge in [-0.05, 0) is 47.2 Å². The van der Waals surface area contributed by atoms with Crippen molar-refractivity contribution >= 4 is 34.2 Å². The van der Waals surface area contributed by atoms with Crippen molar-refractivity contribution in [3.63, 3.8) is 0 Å². The molecule has 0 heterocycles. The molecule has 1 aromatic rings. The summed E-state index contributed by atoms with van der Waals surface area (Å²) in [6.45, 7) is 5.93. The SMILES string of the molecule is CCC(C)(C)C(=O)Nc1cccc(I)c1. The molecule has 0 atom stereocenters. The van der Waals surface area contributed by atoms with Crippen LogP contribution in [0.2, 0.25) is 0 Å². The topological polar surface area (TPSA) is 29.1 Å². The highest BCUT2D eigenvalue weighted by Gasteiger charge is 2.25. The van der Waals surface area contributed by atoms with Gasteiger partial charge < -0.3 is 5.32 Å². The molecular weight excluding hydrogens is 301 g/mol. The lowest BCUT2D eigenvalue weighted by Gasteiger charge is -2.21. The summed E-state index contributed by atoms with van der Waals surface area (Å²) >= 11 is 2.23. The molecule has 15 heavy (non-hydrogen) atoms. The van der Waals surface area contributed by atoms with Crippen molar-refractivity contribution in [1.29, 1.82) is 0 Å². The Hall–Kier alpha value is -0.580. The molecule has 0 aliphatic carbocycles. The quantitative estimate of drug-likeness (QED) is 0.847. The number of carbonyl (C=O) groups is 1. The Labute approximate surface area is 105 Å². The molecule has 0 bridgehead atoms. The highest BCUT2D eigenvalue weighted by Crippen LogP contribution is 2.22.